The number of amides is 1. The summed E-state index contributed by atoms with van der Waals surface area (Å²) in [4.78, 5) is 23.4. The highest BCUT2D eigenvalue weighted by atomic mass is 35.5. The number of methoxy groups -OCH3 is 1. The van der Waals surface area contributed by atoms with Gasteiger partial charge < -0.3 is 15.8 Å². The zero-order chi connectivity index (χ0) is 15.1. The third kappa shape index (κ3) is 6.33. The van der Waals surface area contributed by atoms with Crippen LogP contribution in [0.25, 0.3) is 0 Å². The van der Waals surface area contributed by atoms with Crippen LogP contribution in [0.4, 0.5) is 0 Å². The number of hydrogen-bond acceptors (Lipinski definition) is 4. The molecule has 1 aromatic rings. The van der Waals surface area contributed by atoms with Gasteiger partial charge >= 0.3 is 5.97 Å². The number of hydrogen-bond donors (Lipinski definition) is 2. The van der Waals surface area contributed by atoms with Crippen molar-refractivity contribution in [2.75, 3.05) is 13.7 Å². The minimum atomic E-state index is -0.457. The number of rotatable bonds is 6. The number of ether oxygens (including phenoxy) is 1. The van der Waals surface area contributed by atoms with E-state index in [4.69, 9.17) is 17.3 Å². The summed E-state index contributed by atoms with van der Waals surface area (Å²) >= 11 is 5.83. The molecule has 0 aliphatic heterocycles. The Bertz CT molecular complexity index is 466. The van der Waals surface area contributed by atoms with Gasteiger partial charge in [0.1, 0.15) is 0 Å². The van der Waals surface area contributed by atoms with Gasteiger partial charge in [0, 0.05) is 17.5 Å². The normalized spacial score (nSPS) is 12.8. The summed E-state index contributed by atoms with van der Waals surface area (Å²) in [7, 11) is 1.31. The van der Waals surface area contributed by atoms with Gasteiger partial charge in [-0.1, -0.05) is 30.7 Å². The van der Waals surface area contributed by atoms with Gasteiger partial charge in [-0.05, 0) is 17.7 Å². The predicted octanol–water partition coefficient (Wildman–Crippen LogP) is 2.08. The van der Waals surface area contributed by atoms with E-state index >= 15 is 0 Å². The van der Waals surface area contributed by atoms with E-state index < -0.39 is 12.0 Å². The maximum atomic E-state index is 11.9. The van der Waals surface area contributed by atoms with Crippen molar-refractivity contribution in [2.24, 2.45) is 11.7 Å². The van der Waals surface area contributed by atoms with Crippen LogP contribution in [0.15, 0.2) is 24.3 Å². The summed E-state index contributed by atoms with van der Waals surface area (Å²) in [5.41, 5.74) is 6.25. The average molecular weight is 335 g/mol. The molecule has 1 amide bonds. The molecule has 0 radical (unpaired) electrons. The van der Waals surface area contributed by atoms with E-state index in [0.29, 0.717) is 5.02 Å². The second kappa shape index (κ2) is 9.60. The van der Waals surface area contributed by atoms with Gasteiger partial charge in [-0.15, -0.1) is 12.4 Å². The van der Waals surface area contributed by atoms with E-state index in [-0.39, 0.29) is 37.2 Å². The van der Waals surface area contributed by atoms with Crippen molar-refractivity contribution >= 4 is 35.9 Å². The minimum absolute atomic E-state index is 0. The highest BCUT2D eigenvalue weighted by Crippen LogP contribution is 2.20. The van der Waals surface area contributed by atoms with Crippen LogP contribution in [0.3, 0.4) is 0 Å². The van der Waals surface area contributed by atoms with Gasteiger partial charge in [-0.25, -0.2) is 0 Å². The predicted molar refractivity (Wildman–Crippen MR) is 84.4 cm³/mol. The topological polar surface area (TPSA) is 81.4 Å². The Kier molecular flexibility index (Phi) is 9.01. The first-order valence-corrected chi connectivity index (χ1v) is 6.68. The number of carbonyl (C=O) groups is 2. The number of nitrogens with two attached hydrogens (primary N) is 1. The summed E-state index contributed by atoms with van der Waals surface area (Å²) in [6.45, 7) is 1.98. The lowest BCUT2D eigenvalue weighted by molar-refractivity contribution is -0.141. The highest BCUT2D eigenvalue weighted by molar-refractivity contribution is 6.30. The molecule has 0 heterocycles. The summed E-state index contributed by atoms with van der Waals surface area (Å²) in [5.74, 6) is -0.913. The first-order valence-electron chi connectivity index (χ1n) is 6.30. The van der Waals surface area contributed by atoms with E-state index in [0.717, 1.165) is 5.56 Å². The Balaban J connectivity index is 0.00000400. The van der Waals surface area contributed by atoms with Crippen LogP contribution in [0.1, 0.15) is 24.9 Å². The molecule has 21 heavy (non-hydrogen) atoms. The molecule has 2 atom stereocenters. The van der Waals surface area contributed by atoms with Crippen molar-refractivity contribution in [1.82, 2.24) is 5.32 Å². The van der Waals surface area contributed by atoms with E-state index in [2.05, 4.69) is 10.1 Å². The Hall–Kier alpha value is -1.30. The minimum Gasteiger partial charge on any atom is -0.469 e. The lowest BCUT2D eigenvalue weighted by atomic mass is 10.0. The molecule has 118 valence electrons. The fraction of sp³-hybridized carbons (Fsp3) is 0.429. The molecule has 5 nitrogen and oxygen atoms in total. The summed E-state index contributed by atoms with van der Waals surface area (Å²) in [5, 5.41) is 3.40. The van der Waals surface area contributed by atoms with Crippen molar-refractivity contribution in [1.29, 1.82) is 0 Å². The molecule has 0 saturated heterocycles. The number of nitrogens with one attached hydrogen (secondary N) is 1. The lowest BCUT2D eigenvalue weighted by Crippen LogP contribution is -2.36. The van der Waals surface area contributed by atoms with Crippen molar-refractivity contribution in [2.45, 2.75) is 19.4 Å². The maximum Gasteiger partial charge on any atom is 0.307 e. The Labute approximate surface area is 135 Å². The number of esters is 1. The van der Waals surface area contributed by atoms with Crippen LogP contribution >= 0.6 is 24.0 Å². The molecule has 0 spiro atoms. The molecule has 0 aromatic heterocycles. The molecule has 3 N–H and O–H groups in total. The summed E-state index contributed by atoms with van der Waals surface area (Å²) in [6, 6.07) is 6.49. The Morgan fingerprint density at radius 1 is 1.33 bits per heavy atom. The third-order valence-electron chi connectivity index (χ3n) is 2.99. The monoisotopic (exact) mass is 334 g/mol. The first kappa shape index (κ1) is 19.7. The number of benzene rings is 1. The smallest absolute Gasteiger partial charge is 0.307 e. The summed E-state index contributed by atoms with van der Waals surface area (Å²) < 4.78 is 4.65. The molecule has 0 fully saturated rings. The maximum absolute atomic E-state index is 11.9. The number of halogens is 2. The van der Waals surface area contributed by atoms with Gasteiger partial charge in [0.15, 0.2) is 0 Å². The van der Waals surface area contributed by atoms with Gasteiger partial charge in [0.2, 0.25) is 5.91 Å². The van der Waals surface area contributed by atoms with Crippen molar-refractivity contribution in [3.63, 3.8) is 0 Å². The molecule has 1 rings (SSSR count). The second-order valence-corrected chi connectivity index (χ2v) is 4.97. The molecular weight excluding hydrogens is 315 g/mol. The standard InChI is InChI=1S/C14H19ClN2O3.ClH/c1-9(8-16)14(19)17-12(7-13(18)20-2)10-3-5-11(15)6-4-10;/h3-6,9,12H,7-8,16H2,1-2H3,(H,17,19);1H/t9?,12-;/m0./s1. The summed E-state index contributed by atoms with van der Waals surface area (Å²) in [6.07, 6.45) is 0.0567. The Morgan fingerprint density at radius 3 is 2.38 bits per heavy atom. The van der Waals surface area contributed by atoms with Gasteiger partial charge in [-0.2, -0.15) is 0 Å². The van der Waals surface area contributed by atoms with E-state index in [9.17, 15) is 9.59 Å². The number of carbonyl (C=O) groups excluding carboxylic acids is 2. The van der Waals surface area contributed by atoms with E-state index in [1.165, 1.54) is 7.11 Å². The Morgan fingerprint density at radius 2 is 1.90 bits per heavy atom. The molecule has 0 saturated carbocycles. The lowest BCUT2D eigenvalue weighted by Gasteiger charge is -2.20. The largest absolute Gasteiger partial charge is 0.469 e. The van der Waals surface area contributed by atoms with Crippen LogP contribution in [-0.2, 0) is 14.3 Å². The van der Waals surface area contributed by atoms with Crippen molar-refractivity contribution < 1.29 is 14.3 Å². The first-order chi connectivity index (χ1) is 9.47. The zero-order valence-electron chi connectivity index (χ0n) is 12.0. The fourth-order valence-corrected chi connectivity index (χ4v) is 1.74. The van der Waals surface area contributed by atoms with Crippen LogP contribution in [0, 0.1) is 5.92 Å². The van der Waals surface area contributed by atoms with E-state index in [1.54, 1.807) is 31.2 Å². The molecular formula is C14H20Cl2N2O3. The molecule has 0 aliphatic rings. The fourth-order valence-electron chi connectivity index (χ4n) is 1.62. The van der Waals surface area contributed by atoms with Crippen LogP contribution < -0.4 is 11.1 Å². The van der Waals surface area contributed by atoms with Crippen LogP contribution in [0.5, 0.6) is 0 Å². The van der Waals surface area contributed by atoms with Crippen molar-refractivity contribution in [3.8, 4) is 0 Å². The third-order valence-corrected chi connectivity index (χ3v) is 3.24. The van der Waals surface area contributed by atoms with Crippen LogP contribution in [0.2, 0.25) is 5.02 Å². The van der Waals surface area contributed by atoms with Gasteiger partial charge in [0.25, 0.3) is 0 Å². The molecule has 0 aliphatic carbocycles. The van der Waals surface area contributed by atoms with E-state index in [1.807, 2.05) is 0 Å². The molecule has 1 aromatic carbocycles. The molecule has 1 unspecified atom stereocenters. The van der Waals surface area contributed by atoms with Crippen LogP contribution in [-0.4, -0.2) is 25.5 Å². The molecule has 7 heteroatoms. The second-order valence-electron chi connectivity index (χ2n) is 4.53. The quantitative estimate of drug-likeness (QED) is 0.780. The zero-order valence-corrected chi connectivity index (χ0v) is 13.5. The van der Waals surface area contributed by atoms with Gasteiger partial charge in [0.05, 0.1) is 19.6 Å². The molecule has 0 bridgehead atoms. The van der Waals surface area contributed by atoms with Gasteiger partial charge in [-0.3, -0.25) is 9.59 Å². The SMILES string of the molecule is COC(=O)C[C@H](NC(=O)C(C)CN)c1ccc(Cl)cc1.Cl. The van der Waals surface area contributed by atoms with Crippen molar-refractivity contribution in [3.05, 3.63) is 34.9 Å². The average Bonchev–Trinajstić information content (AvgIpc) is 2.46. The highest BCUT2D eigenvalue weighted by Gasteiger charge is 2.21.